The Labute approximate surface area is 97.0 Å². The fraction of sp³-hybridized carbons (Fsp3) is 0.167. The summed E-state index contributed by atoms with van der Waals surface area (Å²) in [5, 5.41) is 0. The number of hydrogen-bond acceptors (Lipinski definition) is 3. The van der Waals surface area contributed by atoms with Crippen LogP contribution < -0.4 is 0 Å². The van der Waals surface area contributed by atoms with E-state index in [4.69, 9.17) is 0 Å². The van der Waals surface area contributed by atoms with E-state index in [-0.39, 0.29) is 0 Å². The molecule has 0 saturated heterocycles. The van der Waals surface area contributed by atoms with E-state index in [9.17, 15) is 4.21 Å². The molecule has 82 valence electrons. The predicted octanol–water partition coefficient (Wildman–Crippen LogP) is 2.09. The van der Waals surface area contributed by atoms with Crippen molar-refractivity contribution in [2.75, 3.05) is 0 Å². The lowest BCUT2D eigenvalue weighted by Gasteiger charge is -2.04. The van der Waals surface area contributed by atoms with E-state index >= 15 is 0 Å². The molecule has 0 radical (unpaired) electrons. The fourth-order valence-electron chi connectivity index (χ4n) is 1.41. The second kappa shape index (κ2) is 4.99. The predicted molar refractivity (Wildman–Crippen MR) is 63.3 cm³/mol. The summed E-state index contributed by atoms with van der Waals surface area (Å²) < 4.78 is 12.1. The molecule has 2 aromatic rings. The third-order valence-electron chi connectivity index (χ3n) is 2.21. The zero-order valence-corrected chi connectivity index (χ0v) is 9.78. The summed E-state index contributed by atoms with van der Waals surface area (Å²) in [7, 11) is -1.07. The normalized spacial score (nSPS) is 12.3. The van der Waals surface area contributed by atoms with Gasteiger partial charge in [-0.15, -0.1) is 0 Å². The molecule has 4 heteroatoms. The lowest BCUT2D eigenvalue weighted by Crippen LogP contribution is -2.01. The van der Waals surface area contributed by atoms with Gasteiger partial charge in [0.1, 0.15) is 0 Å². The van der Waals surface area contributed by atoms with Crippen LogP contribution in [0.5, 0.6) is 0 Å². The van der Waals surface area contributed by atoms with Crippen molar-refractivity contribution in [2.24, 2.45) is 0 Å². The molecule has 0 aliphatic heterocycles. The molecule has 1 unspecified atom stereocenters. The molecule has 0 bridgehead atoms. The number of pyridine rings is 2. The highest BCUT2D eigenvalue weighted by molar-refractivity contribution is 7.84. The summed E-state index contributed by atoms with van der Waals surface area (Å²) >= 11 is 0. The van der Waals surface area contributed by atoms with E-state index in [1.807, 2.05) is 31.2 Å². The zero-order chi connectivity index (χ0) is 11.4. The van der Waals surface area contributed by atoms with Gasteiger partial charge in [0.25, 0.3) is 0 Å². The second-order valence-corrected chi connectivity index (χ2v) is 4.82. The summed E-state index contributed by atoms with van der Waals surface area (Å²) in [6.45, 7) is 1.87. The maximum Gasteiger partial charge on any atom is 0.0706 e. The molecule has 0 amide bonds. The number of hydrogen-bond donors (Lipinski definition) is 0. The maximum absolute atomic E-state index is 12.1. The van der Waals surface area contributed by atoms with Crippen LogP contribution in [-0.4, -0.2) is 14.2 Å². The van der Waals surface area contributed by atoms with E-state index in [0.717, 1.165) is 16.3 Å². The van der Waals surface area contributed by atoms with Crippen LogP contribution in [0.4, 0.5) is 0 Å². The van der Waals surface area contributed by atoms with E-state index in [0.29, 0.717) is 5.75 Å². The lowest BCUT2D eigenvalue weighted by atomic mass is 10.4. The lowest BCUT2D eigenvalue weighted by molar-refractivity contribution is 0.681. The molecule has 0 aliphatic carbocycles. The Morgan fingerprint density at radius 3 is 2.62 bits per heavy atom. The van der Waals surface area contributed by atoms with Crippen molar-refractivity contribution >= 4 is 10.8 Å². The molecule has 0 spiro atoms. The van der Waals surface area contributed by atoms with Gasteiger partial charge in [0.2, 0.25) is 0 Å². The first-order valence-electron chi connectivity index (χ1n) is 4.97. The summed E-state index contributed by atoms with van der Waals surface area (Å²) in [6, 6.07) is 9.28. The Balaban J connectivity index is 2.19. The molecule has 0 aliphatic rings. The fourth-order valence-corrected chi connectivity index (χ4v) is 2.61. The third kappa shape index (κ3) is 2.52. The van der Waals surface area contributed by atoms with Crippen LogP contribution in [0.25, 0.3) is 0 Å². The molecular weight excluding hydrogens is 220 g/mol. The first-order chi connectivity index (χ1) is 7.77. The molecule has 0 aromatic carbocycles. The van der Waals surface area contributed by atoms with Gasteiger partial charge in [0.05, 0.1) is 32.8 Å². The van der Waals surface area contributed by atoms with E-state index in [1.54, 1.807) is 18.5 Å². The van der Waals surface area contributed by atoms with Crippen molar-refractivity contribution in [3.8, 4) is 0 Å². The van der Waals surface area contributed by atoms with E-state index < -0.39 is 10.8 Å². The van der Waals surface area contributed by atoms with Crippen molar-refractivity contribution in [2.45, 2.75) is 17.6 Å². The highest BCUT2D eigenvalue weighted by atomic mass is 32.2. The van der Waals surface area contributed by atoms with Crippen LogP contribution in [0.3, 0.4) is 0 Å². The monoisotopic (exact) mass is 232 g/mol. The quantitative estimate of drug-likeness (QED) is 0.813. The molecule has 16 heavy (non-hydrogen) atoms. The van der Waals surface area contributed by atoms with Gasteiger partial charge in [-0.25, -0.2) is 0 Å². The topological polar surface area (TPSA) is 42.9 Å². The molecule has 2 heterocycles. The number of rotatable bonds is 3. The molecule has 2 rings (SSSR count). The average Bonchev–Trinajstić information content (AvgIpc) is 2.31. The molecule has 0 saturated carbocycles. The summed E-state index contributed by atoms with van der Waals surface area (Å²) in [4.78, 5) is 9.07. The van der Waals surface area contributed by atoms with Crippen molar-refractivity contribution < 1.29 is 4.21 Å². The minimum atomic E-state index is -1.07. The Morgan fingerprint density at radius 1 is 1.12 bits per heavy atom. The molecular formula is C12H12N2OS. The average molecular weight is 232 g/mol. The van der Waals surface area contributed by atoms with Crippen LogP contribution in [0.15, 0.2) is 47.6 Å². The molecule has 0 N–H and O–H groups in total. The second-order valence-electron chi connectivity index (χ2n) is 3.40. The first kappa shape index (κ1) is 11.0. The highest BCUT2D eigenvalue weighted by Gasteiger charge is 2.08. The maximum atomic E-state index is 12.1. The first-order valence-corrected chi connectivity index (χ1v) is 6.29. The standard InChI is InChI=1S/C12H12N2OS/c1-10-12(6-4-8-13-10)16(15)9-11-5-2-3-7-14-11/h2-8H,9H2,1H3. The van der Waals surface area contributed by atoms with Crippen LogP contribution >= 0.6 is 0 Å². The third-order valence-corrected chi connectivity index (χ3v) is 3.69. The Bertz CT molecular complexity index is 499. The van der Waals surface area contributed by atoms with Crippen molar-refractivity contribution in [1.29, 1.82) is 0 Å². The van der Waals surface area contributed by atoms with Crippen molar-refractivity contribution in [1.82, 2.24) is 9.97 Å². The minimum Gasteiger partial charge on any atom is -0.260 e. The van der Waals surface area contributed by atoms with Crippen LogP contribution in [0.1, 0.15) is 11.4 Å². The summed E-state index contributed by atoms with van der Waals surface area (Å²) in [5.41, 5.74) is 1.65. The van der Waals surface area contributed by atoms with Gasteiger partial charge in [-0.2, -0.15) is 0 Å². The summed E-state index contributed by atoms with van der Waals surface area (Å²) in [5.74, 6) is 0.438. The largest absolute Gasteiger partial charge is 0.260 e. The zero-order valence-electron chi connectivity index (χ0n) is 8.96. The van der Waals surface area contributed by atoms with Gasteiger partial charge in [-0.3, -0.25) is 14.2 Å². The molecule has 2 aromatic heterocycles. The van der Waals surface area contributed by atoms with Gasteiger partial charge in [0, 0.05) is 12.4 Å². The Kier molecular flexibility index (Phi) is 3.41. The highest BCUT2D eigenvalue weighted by Crippen LogP contribution is 2.13. The van der Waals surface area contributed by atoms with Gasteiger partial charge < -0.3 is 0 Å². The number of aromatic nitrogens is 2. The minimum absolute atomic E-state index is 0.438. The molecule has 1 atom stereocenters. The van der Waals surface area contributed by atoms with Gasteiger partial charge >= 0.3 is 0 Å². The van der Waals surface area contributed by atoms with E-state index in [2.05, 4.69) is 9.97 Å². The SMILES string of the molecule is Cc1ncccc1S(=O)Cc1ccccn1. The van der Waals surface area contributed by atoms with E-state index in [1.165, 1.54) is 0 Å². The Hall–Kier alpha value is -1.55. The van der Waals surface area contributed by atoms with Crippen molar-refractivity contribution in [3.05, 3.63) is 54.1 Å². The summed E-state index contributed by atoms with van der Waals surface area (Å²) in [6.07, 6.45) is 3.42. The smallest absolute Gasteiger partial charge is 0.0706 e. The molecule has 0 fully saturated rings. The number of nitrogens with zero attached hydrogens (tertiary/aromatic N) is 2. The van der Waals surface area contributed by atoms with Crippen LogP contribution in [0, 0.1) is 6.92 Å². The Morgan fingerprint density at radius 2 is 1.94 bits per heavy atom. The van der Waals surface area contributed by atoms with Gasteiger partial charge in [0.15, 0.2) is 0 Å². The van der Waals surface area contributed by atoms with Gasteiger partial charge in [-0.1, -0.05) is 6.07 Å². The van der Waals surface area contributed by atoms with Crippen molar-refractivity contribution in [3.63, 3.8) is 0 Å². The molecule has 3 nitrogen and oxygen atoms in total. The van der Waals surface area contributed by atoms with Crippen LogP contribution in [0.2, 0.25) is 0 Å². The van der Waals surface area contributed by atoms with Crippen LogP contribution in [-0.2, 0) is 16.6 Å². The number of aryl methyl sites for hydroxylation is 1. The van der Waals surface area contributed by atoms with Gasteiger partial charge in [-0.05, 0) is 31.2 Å².